The number of hydrogen-bond acceptors (Lipinski definition) is 2. The summed E-state index contributed by atoms with van der Waals surface area (Å²) < 4.78 is 71.9. The Morgan fingerprint density at radius 2 is 1.67 bits per heavy atom. The number of allylic oxidation sites excluding steroid dienone is 1. The van der Waals surface area contributed by atoms with Gasteiger partial charge in [0.2, 0.25) is 0 Å². The van der Waals surface area contributed by atoms with Crippen molar-refractivity contribution in [2.24, 2.45) is 17.3 Å². The highest BCUT2D eigenvalue weighted by Gasteiger charge is 2.61. The summed E-state index contributed by atoms with van der Waals surface area (Å²) in [6.07, 6.45) is 1.04. The predicted octanol–water partition coefficient (Wildman–Crippen LogP) is 4.92. The first-order valence-corrected chi connectivity index (χ1v) is 7.38. The first-order valence-electron chi connectivity index (χ1n) is 7.01. The Kier molecular flexibility index (Phi) is 4.95. The van der Waals surface area contributed by atoms with Crippen LogP contribution in [0.1, 0.15) is 25.0 Å². The molecule has 0 spiro atoms. The Balaban J connectivity index is 2.16. The summed E-state index contributed by atoms with van der Waals surface area (Å²) in [6.45, 7) is 3.23. The fourth-order valence-electron chi connectivity index (χ4n) is 2.72. The van der Waals surface area contributed by atoms with Gasteiger partial charge in [0.05, 0.1) is 11.5 Å². The maximum absolute atomic E-state index is 13.7. The maximum Gasteiger partial charge on any atom is 0.310 e. The molecule has 1 aliphatic rings. The third-order valence-electron chi connectivity index (χ3n) is 4.40. The van der Waals surface area contributed by atoms with Gasteiger partial charge in [0.25, 0.3) is 0 Å². The monoisotopic (exact) mass is 368 g/mol. The van der Waals surface area contributed by atoms with Crippen molar-refractivity contribution in [2.75, 3.05) is 0 Å². The van der Waals surface area contributed by atoms with Crippen LogP contribution >= 0.6 is 11.6 Å². The Labute approximate surface area is 140 Å². The van der Waals surface area contributed by atoms with Gasteiger partial charge < -0.3 is 4.74 Å². The van der Waals surface area contributed by atoms with Gasteiger partial charge in [0.15, 0.2) is 28.6 Å². The van der Waals surface area contributed by atoms with Gasteiger partial charge in [-0.3, -0.25) is 4.79 Å². The summed E-state index contributed by atoms with van der Waals surface area (Å²) in [7, 11) is 0. The minimum atomic E-state index is -1.61. The lowest BCUT2D eigenvalue weighted by molar-refractivity contribution is -0.147. The zero-order valence-electron chi connectivity index (χ0n) is 13.0. The van der Waals surface area contributed by atoms with Gasteiger partial charge in [-0.15, -0.1) is 0 Å². The summed E-state index contributed by atoms with van der Waals surface area (Å²) in [5.41, 5.74) is -2.46. The number of benzene rings is 1. The van der Waals surface area contributed by atoms with E-state index in [1.165, 1.54) is 0 Å². The largest absolute Gasteiger partial charge is 0.460 e. The lowest BCUT2D eigenvalue weighted by Crippen LogP contribution is -2.14. The fourth-order valence-corrected chi connectivity index (χ4v) is 2.86. The molecule has 1 aromatic rings. The average Bonchev–Trinajstić information content (AvgIpc) is 3.02. The predicted molar refractivity (Wildman–Crippen MR) is 76.6 cm³/mol. The number of carbonyl (C=O) groups excluding carboxylic acids is 1. The fraction of sp³-hybridized carbons (Fsp3) is 0.438. The van der Waals surface area contributed by atoms with Crippen molar-refractivity contribution in [3.05, 3.63) is 45.8 Å². The highest BCUT2D eigenvalue weighted by Crippen LogP contribution is 2.60. The topological polar surface area (TPSA) is 26.3 Å². The van der Waals surface area contributed by atoms with Gasteiger partial charge in [-0.05, 0) is 18.4 Å². The van der Waals surface area contributed by atoms with E-state index in [0.29, 0.717) is 0 Å². The molecule has 0 bridgehead atoms. The van der Waals surface area contributed by atoms with Gasteiger partial charge in [-0.2, -0.15) is 4.39 Å². The van der Waals surface area contributed by atoms with Crippen LogP contribution in [-0.2, 0) is 16.1 Å². The summed E-state index contributed by atoms with van der Waals surface area (Å²) >= 11 is 5.13. The molecule has 1 saturated carbocycles. The first kappa shape index (κ1) is 18.7. The second-order valence-electron chi connectivity index (χ2n) is 6.25. The molecule has 2 atom stereocenters. The molecule has 0 aliphatic heterocycles. The summed E-state index contributed by atoms with van der Waals surface area (Å²) in [6, 6.07) is 0. The van der Waals surface area contributed by atoms with E-state index in [0.717, 1.165) is 13.0 Å². The SMILES string of the molecule is Cc1c(F)c(F)c(COC(=O)C2C(C=C(F)Cl)C2(C)C)c(F)c1F. The van der Waals surface area contributed by atoms with Crippen LogP contribution in [0.4, 0.5) is 22.0 Å². The molecule has 2 nitrogen and oxygen atoms in total. The first-order chi connectivity index (χ1) is 11.0. The molecule has 0 saturated heterocycles. The van der Waals surface area contributed by atoms with E-state index >= 15 is 0 Å². The van der Waals surface area contributed by atoms with Crippen LogP contribution < -0.4 is 0 Å². The lowest BCUT2D eigenvalue weighted by Gasteiger charge is -2.10. The van der Waals surface area contributed by atoms with Gasteiger partial charge in [0.1, 0.15) is 6.61 Å². The molecule has 1 aromatic carbocycles. The van der Waals surface area contributed by atoms with E-state index in [1.54, 1.807) is 13.8 Å². The van der Waals surface area contributed by atoms with Gasteiger partial charge in [0, 0.05) is 11.5 Å². The zero-order valence-corrected chi connectivity index (χ0v) is 13.8. The average molecular weight is 369 g/mol. The third kappa shape index (κ3) is 3.14. The van der Waals surface area contributed by atoms with Gasteiger partial charge >= 0.3 is 5.97 Å². The highest BCUT2D eigenvalue weighted by atomic mass is 35.5. The molecule has 0 aromatic heterocycles. The summed E-state index contributed by atoms with van der Waals surface area (Å²) in [5.74, 6) is -8.49. The summed E-state index contributed by atoms with van der Waals surface area (Å²) in [4.78, 5) is 12.0. The standard InChI is InChI=1S/C16H14ClF5O2/c1-6-11(19)13(21)7(14(22)12(6)20)5-24-15(23)10-8(4-9(17)18)16(10,2)3/h4,8,10H,5H2,1-3H3. The van der Waals surface area contributed by atoms with Crippen molar-refractivity contribution in [1.29, 1.82) is 0 Å². The molecule has 2 unspecified atom stereocenters. The number of rotatable bonds is 4. The highest BCUT2D eigenvalue weighted by molar-refractivity contribution is 6.28. The van der Waals surface area contributed by atoms with Crippen LogP contribution in [0.5, 0.6) is 0 Å². The number of esters is 1. The van der Waals surface area contributed by atoms with E-state index < -0.39 is 69.5 Å². The molecule has 8 heteroatoms. The molecule has 0 N–H and O–H groups in total. The minimum absolute atomic E-state index is 0.538. The van der Waals surface area contributed by atoms with Crippen molar-refractivity contribution in [1.82, 2.24) is 0 Å². The smallest absolute Gasteiger partial charge is 0.310 e. The van der Waals surface area contributed by atoms with Crippen LogP contribution in [-0.4, -0.2) is 5.97 Å². The number of halogens is 6. The van der Waals surface area contributed by atoms with E-state index in [9.17, 15) is 26.7 Å². The van der Waals surface area contributed by atoms with E-state index in [4.69, 9.17) is 16.3 Å². The van der Waals surface area contributed by atoms with Crippen molar-refractivity contribution < 1.29 is 31.5 Å². The lowest BCUT2D eigenvalue weighted by atomic mass is 10.1. The Morgan fingerprint density at radius 1 is 1.17 bits per heavy atom. The van der Waals surface area contributed by atoms with Gasteiger partial charge in [-0.25, -0.2) is 17.6 Å². The normalized spacial score (nSPS) is 22.5. The number of hydrogen-bond donors (Lipinski definition) is 0. The van der Waals surface area contributed by atoms with E-state index in [1.807, 2.05) is 0 Å². The molecule has 132 valence electrons. The molecule has 2 rings (SSSR count). The van der Waals surface area contributed by atoms with Crippen LogP contribution in [0.2, 0.25) is 0 Å². The Hall–Kier alpha value is -1.63. The second kappa shape index (κ2) is 6.35. The van der Waals surface area contributed by atoms with E-state index in [2.05, 4.69) is 0 Å². The van der Waals surface area contributed by atoms with E-state index in [-0.39, 0.29) is 0 Å². The molecule has 1 fully saturated rings. The Bertz CT molecular complexity index is 697. The van der Waals surface area contributed by atoms with Crippen molar-refractivity contribution in [3.8, 4) is 0 Å². The van der Waals surface area contributed by atoms with Crippen LogP contribution in [0, 0.1) is 47.4 Å². The minimum Gasteiger partial charge on any atom is -0.460 e. The number of carbonyl (C=O) groups is 1. The third-order valence-corrected chi connectivity index (χ3v) is 4.53. The van der Waals surface area contributed by atoms with Crippen molar-refractivity contribution in [2.45, 2.75) is 27.4 Å². The quantitative estimate of drug-likeness (QED) is 0.428. The molecular formula is C16H14ClF5O2. The molecule has 0 heterocycles. The van der Waals surface area contributed by atoms with Gasteiger partial charge in [-0.1, -0.05) is 25.4 Å². The summed E-state index contributed by atoms with van der Waals surface area (Å²) in [5, 5.41) is -0.983. The molecule has 0 amide bonds. The van der Waals surface area contributed by atoms with Crippen LogP contribution in [0.3, 0.4) is 0 Å². The maximum atomic E-state index is 13.7. The molecule has 1 aliphatic carbocycles. The van der Waals surface area contributed by atoms with Crippen molar-refractivity contribution >= 4 is 17.6 Å². The zero-order chi connectivity index (χ0) is 18.4. The Morgan fingerprint density at radius 3 is 2.12 bits per heavy atom. The number of ether oxygens (including phenoxy) is 1. The van der Waals surface area contributed by atoms with Crippen LogP contribution in [0.15, 0.2) is 11.4 Å². The molecule has 0 radical (unpaired) electrons. The second-order valence-corrected chi connectivity index (χ2v) is 6.61. The van der Waals surface area contributed by atoms with Crippen LogP contribution in [0.25, 0.3) is 0 Å². The molecular weight excluding hydrogens is 355 g/mol. The van der Waals surface area contributed by atoms with Crippen molar-refractivity contribution in [3.63, 3.8) is 0 Å². The molecule has 24 heavy (non-hydrogen) atoms.